The van der Waals surface area contributed by atoms with Gasteiger partial charge in [0.05, 0.1) is 0 Å². The molecule has 2 N–H and O–H groups in total. The molecule has 0 fully saturated rings. The minimum atomic E-state index is -0.317. The summed E-state index contributed by atoms with van der Waals surface area (Å²) in [5.41, 5.74) is 0. The summed E-state index contributed by atoms with van der Waals surface area (Å²) in [6, 6.07) is 0. The Labute approximate surface area is 48.3 Å². The molecule has 0 aliphatic carbocycles. The first-order chi connectivity index (χ1) is 3.31. The molecule has 0 aliphatic heterocycles. The summed E-state index contributed by atoms with van der Waals surface area (Å²) < 4.78 is 0. The predicted octanol–water partition coefficient (Wildman–Crippen LogP) is -0.426. The van der Waals surface area contributed by atoms with Gasteiger partial charge in [0.25, 0.3) is 0 Å². The first kappa shape index (κ1) is 6.95. The van der Waals surface area contributed by atoms with E-state index in [9.17, 15) is 4.79 Å². The fourth-order valence-electron chi connectivity index (χ4n) is 0.152. The van der Waals surface area contributed by atoms with Crippen LogP contribution in [0.25, 0.3) is 0 Å². The van der Waals surface area contributed by atoms with E-state index in [0.717, 1.165) is 0 Å². The molecule has 0 aromatic carbocycles. The van der Waals surface area contributed by atoms with Crippen LogP contribution in [0.1, 0.15) is 0 Å². The molecular formula is C3H7NO2Se. The van der Waals surface area contributed by atoms with Crippen LogP contribution in [0.4, 0.5) is 0 Å². The van der Waals surface area contributed by atoms with Crippen molar-refractivity contribution < 1.29 is 9.63 Å². The number of hydrogen-bond donors (Lipinski definition) is 1. The topological polar surface area (TPSA) is 52.3 Å². The van der Waals surface area contributed by atoms with Gasteiger partial charge in [-0.2, -0.15) is 0 Å². The second kappa shape index (κ2) is 4.12. The van der Waals surface area contributed by atoms with Gasteiger partial charge in [0.2, 0.25) is 0 Å². The van der Waals surface area contributed by atoms with E-state index in [1.54, 1.807) is 0 Å². The number of rotatable bonds is 2. The van der Waals surface area contributed by atoms with Crippen LogP contribution in [0.15, 0.2) is 0 Å². The molecule has 0 rings (SSSR count). The molecule has 42 valence electrons. The van der Waals surface area contributed by atoms with Crippen LogP contribution >= 0.6 is 0 Å². The summed E-state index contributed by atoms with van der Waals surface area (Å²) in [5, 5.41) is 0.476. The number of carbonyl (C=O) groups is 1. The van der Waals surface area contributed by atoms with Crippen LogP contribution in [0.3, 0.4) is 0 Å². The molecule has 3 nitrogen and oxygen atoms in total. The molecular weight excluding hydrogens is 161 g/mol. The van der Waals surface area contributed by atoms with Gasteiger partial charge in [0.1, 0.15) is 0 Å². The van der Waals surface area contributed by atoms with Crippen molar-refractivity contribution in [2.75, 3.05) is 0 Å². The quantitative estimate of drug-likeness (QED) is 0.449. The molecule has 0 aromatic heterocycles. The third-order valence-electron chi connectivity index (χ3n) is 0.394. The average molecular weight is 168 g/mol. The molecule has 0 radical (unpaired) electrons. The van der Waals surface area contributed by atoms with Crippen molar-refractivity contribution >= 4 is 20.9 Å². The number of carbonyl (C=O) groups excluding carboxylic acids is 1. The number of hydrogen-bond acceptors (Lipinski definition) is 3. The van der Waals surface area contributed by atoms with Gasteiger partial charge < -0.3 is 0 Å². The molecule has 0 unspecified atom stereocenters. The molecule has 0 heterocycles. The zero-order chi connectivity index (χ0) is 5.70. The summed E-state index contributed by atoms with van der Waals surface area (Å²) in [6.45, 7) is 0. The summed E-state index contributed by atoms with van der Waals surface area (Å²) >= 11 is 0.344. The van der Waals surface area contributed by atoms with Crippen LogP contribution < -0.4 is 5.90 Å². The van der Waals surface area contributed by atoms with Gasteiger partial charge in [-0.05, 0) is 0 Å². The Morgan fingerprint density at radius 2 is 2.57 bits per heavy atom. The summed E-state index contributed by atoms with van der Waals surface area (Å²) in [5.74, 6) is 6.15. The van der Waals surface area contributed by atoms with E-state index in [1.165, 1.54) is 0 Å². The normalized spacial score (nSPS) is 8.29. The summed E-state index contributed by atoms with van der Waals surface area (Å²) in [6.07, 6.45) is 0. The van der Waals surface area contributed by atoms with Gasteiger partial charge in [-0.15, -0.1) is 0 Å². The van der Waals surface area contributed by atoms with Crippen molar-refractivity contribution in [3.05, 3.63) is 0 Å². The van der Waals surface area contributed by atoms with Gasteiger partial charge >= 0.3 is 47.6 Å². The van der Waals surface area contributed by atoms with Gasteiger partial charge in [0.15, 0.2) is 0 Å². The predicted molar refractivity (Wildman–Crippen MR) is 26.7 cm³/mol. The third-order valence-corrected chi connectivity index (χ3v) is 1.49. The molecule has 4 heteroatoms. The summed E-state index contributed by atoms with van der Waals surface area (Å²) in [4.78, 5) is 13.9. The fraction of sp³-hybridized carbons (Fsp3) is 0.667. The Bertz CT molecular complexity index is 66.0. The van der Waals surface area contributed by atoms with E-state index in [1.807, 2.05) is 5.82 Å². The van der Waals surface area contributed by atoms with E-state index < -0.39 is 0 Å². The molecule has 0 saturated heterocycles. The zero-order valence-electron chi connectivity index (χ0n) is 4.01. The molecule has 0 aromatic rings. The van der Waals surface area contributed by atoms with Gasteiger partial charge in [-0.3, -0.25) is 0 Å². The zero-order valence-corrected chi connectivity index (χ0v) is 5.72. The maximum absolute atomic E-state index is 10.1. The standard InChI is InChI=1S/C3H7NO2Se/c1-7-2-3(5)6-4/h2,4H2,1H3. The molecule has 0 aliphatic rings. The fourth-order valence-corrected chi connectivity index (χ4v) is 0.789. The van der Waals surface area contributed by atoms with E-state index in [2.05, 4.69) is 10.7 Å². The Kier molecular flexibility index (Phi) is 4.09. The molecule has 7 heavy (non-hydrogen) atoms. The van der Waals surface area contributed by atoms with E-state index in [4.69, 9.17) is 0 Å². The first-order valence-electron chi connectivity index (χ1n) is 1.69. The Morgan fingerprint density at radius 3 is 2.71 bits per heavy atom. The average Bonchev–Trinajstić information content (AvgIpc) is 1.68. The molecule has 0 spiro atoms. The van der Waals surface area contributed by atoms with Crippen molar-refractivity contribution in [3.8, 4) is 0 Å². The molecule has 0 bridgehead atoms. The van der Waals surface area contributed by atoms with E-state index in [0.29, 0.717) is 20.3 Å². The number of nitrogens with two attached hydrogens (primary N) is 1. The first-order valence-corrected chi connectivity index (χ1v) is 4.62. The second-order valence-corrected chi connectivity index (χ2v) is 2.74. The monoisotopic (exact) mass is 169 g/mol. The van der Waals surface area contributed by atoms with Crippen molar-refractivity contribution in [3.63, 3.8) is 0 Å². The molecule has 0 amide bonds. The Morgan fingerprint density at radius 1 is 2.00 bits per heavy atom. The maximum atomic E-state index is 10.1. The van der Waals surface area contributed by atoms with Gasteiger partial charge in [-0.25, -0.2) is 0 Å². The van der Waals surface area contributed by atoms with Gasteiger partial charge in [-0.1, -0.05) is 0 Å². The van der Waals surface area contributed by atoms with Crippen LogP contribution in [0, 0.1) is 0 Å². The Hall–Kier alpha value is -0.0505. The third kappa shape index (κ3) is 3.79. The van der Waals surface area contributed by atoms with Crippen molar-refractivity contribution in [1.82, 2.24) is 0 Å². The van der Waals surface area contributed by atoms with Crippen LogP contribution in [0.2, 0.25) is 11.1 Å². The van der Waals surface area contributed by atoms with E-state index in [-0.39, 0.29) is 5.97 Å². The van der Waals surface area contributed by atoms with Crippen molar-refractivity contribution in [2.45, 2.75) is 11.1 Å². The minimum absolute atomic E-state index is 0.317. The van der Waals surface area contributed by atoms with Gasteiger partial charge in [0, 0.05) is 0 Å². The molecule has 0 saturated carbocycles. The SMILES string of the molecule is C[Se]CC(=O)ON. The second-order valence-electron chi connectivity index (χ2n) is 0.923. The van der Waals surface area contributed by atoms with Crippen LogP contribution in [-0.4, -0.2) is 20.9 Å². The van der Waals surface area contributed by atoms with Crippen molar-refractivity contribution in [2.24, 2.45) is 5.90 Å². The Balaban J connectivity index is 3.00. The summed E-state index contributed by atoms with van der Waals surface area (Å²) in [7, 11) is 0. The van der Waals surface area contributed by atoms with Crippen LogP contribution in [0.5, 0.6) is 0 Å². The van der Waals surface area contributed by atoms with E-state index >= 15 is 0 Å². The van der Waals surface area contributed by atoms with Crippen molar-refractivity contribution in [1.29, 1.82) is 0 Å². The molecule has 0 atom stereocenters. The van der Waals surface area contributed by atoms with Crippen LogP contribution in [-0.2, 0) is 9.63 Å².